The van der Waals surface area contributed by atoms with Crippen LogP contribution in [0.15, 0.2) is 0 Å². The highest BCUT2D eigenvalue weighted by atomic mass is 16.2. The van der Waals surface area contributed by atoms with E-state index in [-0.39, 0.29) is 17.6 Å². The Morgan fingerprint density at radius 1 is 0.846 bits per heavy atom. The average Bonchev–Trinajstić information content (AvgIpc) is 3.28. The molecule has 3 amide bonds. The maximum absolute atomic E-state index is 13.2. The molecule has 0 spiro atoms. The number of hydrogen-bond donors (Lipinski definition) is 1. The summed E-state index contributed by atoms with van der Waals surface area (Å²) >= 11 is 0. The van der Waals surface area contributed by atoms with Crippen molar-refractivity contribution >= 4 is 11.9 Å². The molecule has 1 atom stereocenters. The van der Waals surface area contributed by atoms with Crippen molar-refractivity contribution in [3.8, 4) is 0 Å². The second kappa shape index (κ2) is 8.15. The second-order valence-corrected chi connectivity index (χ2v) is 9.22. The number of rotatable bonds is 3. The molecule has 3 aliphatic rings. The molecular formula is C20H36N4O2. The fourth-order valence-corrected chi connectivity index (χ4v) is 4.66. The SMILES string of the molecule is CC(C)(C)NC(=O)N1CCN([C@H](C(=O)N2CCCC2)C2CCCC2)CC1. The summed E-state index contributed by atoms with van der Waals surface area (Å²) in [7, 11) is 0. The third-order valence-corrected chi connectivity index (χ3v) is 5.99. The topological polar surface area (TPSA) is 55.9 Å². The minimum absolute atomic E-state index is 0.0143. The summed E-state index contributed by atoms with van der Waals surface area (Å²) < 4.78 is 0. The Balaban J connectivity index is 1.61. The van der Waals surface area contributed by atoms with E-state index in [2.05, 4.69) is 15.1 Å². The zero-order valence-electron chi connectivity index (χ0n) is 16.8. The lowest BCUT2D eigenvalue weighted by Gasteiger charge is -2.42. The summed E-state index contributed by atoms with van der Waals surface area (Å²) in [5, 5.41) is 3.05. The van der Waals surface area contributed by atoms with Crippen LogP contribution in [-0.2, 0) is 4.79 Å². The maximum Gasteiger partial charge on any atom is 0.317 e. The lowest BCUT2D eigenvalue weighted by atomic mass is 9.94. The molecule has 1 aliphatic carbocycles. The van der Waals surface area contributed by atoms with Gasteiger partial charge in [0.1, 0.15) is 0 Å². The first-order valence-corrected chi connectivity index (χ1v) is 10.4. The molecule has 2 saturated heterocycles. The Kier molecular flexibility index (Phi) is 6.10. The summed E-state index contributed by atoms with van der Waals surface area (Å²) in [6.45, 7) is 10.9. The molecule has 148 valence electrons. The molecule has 0 unspecified atom stereocenters. The smallest absolute Gasteiger partial charge is 0.317 e. The molecule has 0 aromatic carbocycles. The molecule has 3 fully saturated rings. The van der Waals surface area contributed by atoms with Crippen LogP contribution in [0.2, 0.25) is 0 Å². The third-order valence-electron chi connectivity index (χ3n) is 5.99. The average molecular weight is 365 g/mol. The van der Waals surface area contributed by atoms with Gasteiger partial charge in [0.15, 0.2) is 0 Å². The molecular weight excluding hydrogens is 328 g/mol. The Hall–Kier alpha value is -1.30. The largest absolute Gasteiger partial charge is 0.341 e. The predicted molar refractivity (Wildman–Crippen MR) is 103 cm³/mol. The number of nitrogens with zero attached hydrogens (tertiary/aromatic N) is 3. The van der Waals surface area contributed by atoms with E-state index >= 15 is 0 Å². The van der Waals surface area contributed by atoms with Gasteiger partial charge in [-0.2, -0.15) is 0 Å². The lowest BCUT2D eigenvalue weighted by Crippen LogP contribution is -2.60. The molecule has 3 rings (SSSR count). The molecule has 6 heteroatoms. The second-order valence-electron chi connectivity index (χ2n) is 9.22. The number of amides is 3. The number of hydrogen-bond acceptors (Lipinski definition) is 3. The fourth-order valence-electron chi connectivity index (χ4n) is 4.66. The van der Waals surface area contributed by atoms with Gasteiger partial charge in [-0.1, -0.05) is 12.8 Å². The van der Waals surface area contributed by atoms with E-state index in [0.29, 0.717) is 24.9 Å². The first kappa shape index (κ1) is 19.5. The molecule has 1 saturated carbocycles. The fraction of sp³-hybridized carbons (Fsp3) is 0.900. The molecule has 0 aromatic rings. The zero-order chi connectivity index (χ0) is 18.7. The van der Waals surface area contributed by atoms with E-state index in [4.69, 9.17) is 0 Å². The van der Waals surface area contributed by atoms with Crippen LogP contribution in [0.4, 0.5) is 4.79 Å². The van der Waals surface area contributed by atoms with Gasteiger partial charge in [0.2, 0.25) is 5.91 Å². The molecule has 0 bridgehead atoms. The van der Waals surface area contributed by atoms with Gasteiger partial charge in [-0.05, 0) is 52.4 Å². The predicted octanol–water partition coefficient (Wildman–Crippen LogP) is 2.29. The Morgan fingerprint density at radius 2 is 1.42 bits per heavy atom. The number of nitrogens with one attached hydrogen (secondary N) is 1. The zero-order valence-corrected chi connectivity index (χ0v) is 16.8. The highest BCUT2D eigenvalue weighted by molar-refractivity contribution is 5.82. The molecule has 0 radical (unpaired) electrons. The molecule has 26 heavy (non-hydrogen) atoms. The van der Waals surface area contributed by atoms with Crippen LogP contribution in [-0.4, -0.2) is 77.5 Å². The number of piperazine rings is 1. The van der Waals surface area contributed by atoms with Gasteiger partial charge < -0.3 is 15.1 Å². The summed E-state index contributed by atoms with van der Waals surface area (Å²) in [5.74, 6) is 0.847. The molecule has 0 aromatic heterocycles. The van der Waals surface area contributed by atoms with Crippen LogP contribution < -0.4 is 5.32 Å². The first-order chi connectivity index (χ1) is 12.3. The number of carbonyl (C=O) groups is 2. The Labute approximate surface area is 158 Å². The number of carbonyl (C=O) groups excluding carboxylic acids is 2. The van der Waals surface area contributed by atoms with Gasteiger partial charge in [-0.25, -0.2) is 4.79 Å². The molecule has 1 N–H and O–H groups in total. The lowest BCUT2D eigenvalue weighted by molar-refractivity contribution is -0.138. The minimum Gasteiger partial charge on any atom is -0.341 e. The van der Waals surface area contributed by atoms with Crippen LogP contribution in [0.1, 0.15) is 59.3 Å². The quantitative estimate of drug-likeness (QED) is 0.836. The monoisotopic (exact) mass is 364 g/mol. The van der Waals surface area contributed by atoms with Crippen molar-refractivity contribution in [3.63, 3.8) is 0 Å². The van der Waals surface area contributed by atoms with E-state index in [1.54, 1.807) is 0 Å². The standard InChI is InChI=1S/C20H36N4O2/c1-20(2,3)21-19(26)24-14-12-22(13-15-24)17(16-8-4-5-9-16)18(25)23-10-6-7-11-23/h16-17H,4-15H2,1-3H3,(H,21,26)/t17-/m0/s1. The van der Waals surface area contributed by atoms with Crippen LogP contribution in [0, 0.1) is 5.92 Å². The van der Waals surface area contributed by atoms with E-state index < -0.39 is 0 Å². The van der Waals surface area contributed by atoms with Crippen LogP contribution in [0.3, 0.4) is 0 Å². The molecule has 6 nitrogen and oxygen atoms in total. The highest BCUT2D eigenvalue weighted by Gasteiger charge is 2.39. The van der Waals surface area contributed by atoms with Gasteiger partial charge in [-0.15, -0.1) is 0 Å². The van der Waals surface area contributed by atoms with Crippen molar-refractivity contribution in [2.24, 2.45) is 5.92 Å². The summed E-state index contributed by atoms with van der Waals surface area (Å²) in [6, 6.07) is 0.0452. The summed E-state index contributed by atoms with van der Waals surface area (Å²) in [4.78, 5) is 32.0. The molecule has 2 heterocycles. The van der Waals surface area contributed by atoms with Crippen LogP contribution >= 0.6 is 0 Å². The van der Waals surface area contributed by atoms with Gasteiger partial charge >= 0.3 is 6.03 Å². The maximum atomic E-state index is 13.2. The van der Waals surface area contributed by atoms with Crippen LogP contribution in [0.5, 0.6) is 0 Å². The third kappa shape index (κ3) is 4.70. The van der Waals surface area contributed by atoms with Crippen molar-refractivity contribution < 1.29 is 9.59 Å². The van der Waals surface area contributed by atoms with Gasteiger partial charge in [-0.3, -0.25) is 9.69 Å². The highest BCUT2D eigenvalue weighted by Crippen LogP contribution is 2.32. The Bertz CT molecular complexity index is 496. The number of urea groups is 1. The van der Waals surface area contributed by atoms with Crippen molar-refractivity contribution in [3.05, 3.63) is 0 Å². The minimum atomic E-state index is -0.216. The first-order valence-electron chi connectivity index (χ1n) is 10.4. The van der Waals surface area contributed by atoms with Crippen molar-refractivity contribution in [1.29, 1.82) is 0 Å². The summed E-state index contributed by atoms with van der Waals surface area (Å²) in [5.41, 5.74) is -0.216. The summed E-state index contributed by atoms with van der Waals surface area (Å²) in [6.07, 6.45) is 7.14. The van der Waals surface area contributed by atoms with Crippen molar-refractivity contribution in [2.75, 3.05) is 39.3 Å². The normalized spacial score (nSPS) is 24.1. The van der Waals surface area contributed by atoms with Gasteiger partial charge in [0.05, 0.1) is 6.04 Å². The van der Waals surface area contributed by atoms with E-state index in [9.17, 15) is 9.59 Å². The van der Waals surface area contributed by atoms with Crippen LogP contribution in [0.25, 0.3) is 0 Å². The van der Waals surface area contributed by atoms with Gasteiger partial charge in [0.25, 0.3) is 0 Å². The van der Waals surface area contributed by atoms with E-state index in [1.165, 1.54) is 25.7 Å². The van der Waals surface area contributed by atoms with Crippen molar-refractivity contribution in [2.45, 2.75) is 70.9 Å². The molecule has 2 aliphatic heterocycles. The Morgan fingerprint density at radius 3 is 1.96 bits per heavy atom. The van der Waals surface area contributed by atoms with E-state index in [0.717, 1.165) is 39.0 Å². The van der Waals surface area contributed by atoms with E-state index in [1.807, 2.05) is 25.7 Å². The van der Waals surface area contributed by atoms with Crippen molar-refractivity contribution in [1.82, 2.24) is 20.0 Å². The number of likely N-dealkylation sites (tertiary alicyclic amines) is 1. The van der Waals surface area contributed by atoms with Gasteiger partial charge in [0, 0.05) is 44.8 Å².